The number of carbonyl (C=O) groups excluding carboxylic acids is 1. The molecule has 0 aliphatic heterocycles. The van der Waals surface area contributed by atoms with E-state index in [2.05, 4.69) is 26.6 Å². The molecule has 0 unspecified atom stereocenters. The first-order valence-electron chi connectivity index (χ1n) is 8.96. The highest BCUT2D eigenvalue weighted by Crippen LogP contribution is 2.25. The molecule has 0 radical (unpaired) electrons. The summed E-state index contributed by atoms with van der Waals surface area (Å²) in [5.41, 5.74) is 5.23. The zero-order valence-electron chi connectivity index (χ0n) is 15.7. The molecule has 0 aliphatic rings. The molecular weight excluding hydrogens is 352 g/mol. The first-order chi connectivity index (χ1) is 13.6. The number of H-pyrrole nitrogens is 1. The number of carbonyl (C=O) groups is 1. The van der Waals surface area contributed by atoms with Crippen LogP contribution >= 0.6 is 0 Å². The highest BCUT2D eigenvalue weighted by molar-refractivity contribution is 5.94. The molecule has 2 heterocycles. The largest absolute Gasteiger partial charge is 0.497 e. The van der Waals surface area contributed by atoms with Gasteiger partial charge < -0.3 is 10.1 Å². The van der Waals surface area contributed by atoms with Crippen molar-refractivity contribution in [3.05, 3.63) is 77.7 Å². The SMILES string of the molecule is COc1cccc(CNC(=O)c2cc(-c3ccc4[nH]nc(C)c4c3)ccn2)c1. The van der Waals surface area contributed by atoms with Gasteiger partial charge in [0.1, 0.15) is 11.4 Å². The summed E-state index contributed by atoms with van der Waals surface area (Å²) in [6.45, 7) is 2.37. The predicted octanol–water partition coefficient (Wildman–Crippen LogP) is 3.87. The van der Waals surface area contributed by atoms with Crippen molar-refractivity contribution in [1.82, 2.24) is 20.5 Å². The second-order valence-electron chi connectivity index (χ2n) is 6.53. The normalized spacial score (nSPS) is 10.8. The van der Waals surface area contributed by atoms with Crippen molar-refractivity contribution in [2.75, 3.05) is 7.11 Å². The van der Waals surface area contributed by atoms with Crippen LogP contribution in [0.15, 0.2) is 60.8 Å². The van der Waals surface area contributed by atoms with Gasteiger partial charge in [0.15, 0.2) is 0 Å². The number of amides is 1. The van der Waals surface area contributed by atoms with E-state index in [0.717, 1.165) is 39.0 Å². The van der Waals surface area contributed by atoms with Crippen LogP contribution in [0.3, 0.4) is 0 Å². The standard InChI is InChI=1S/C22H20N4O2/c1-14-19-11-16(6-7-20(19)26-25-14)17-8-9-23-21(12-17)22(27)24-13-15-4-3-5-18(10-15)28-2/h3-12H,13H2,1-2H3,(H,24,27)(H,25,26). The number of methoxy groups -OCH3 is 1. The van der Waals surface area contributed by atoms with Crippen molar-refractivity contribution in [2.24, 2.45) is 0 Å². The molecule has 1 amide bonds. The molecule has 4 aromatic rings. The number of nitrogens with zero attached hydrogens (tertiary/aromatic N) is 2. The zero-order valence-corrected chi connectivity index (χ0v) is 15.7. The number of fused-ring (bicyclic) bond motifs is 1. The summed E-state index contributed by atoms with van der Waals surface area (Å²) >= 11 is 0. The van der Waals surface area contributed by atoms with Gasteiger partial charge >= 0.3 is 0 Å². The lowest BCUT2D eigenvalue weighted by Gasteiger charge is -2.08. The van der Waals surface area contributed by atoms with Gasteiger partial charge in [-0.15, -0.1) is 0 Å². The monoisotopic (exact) mass is 372 g/mol. The molecule has 0 atom stereocenters. The summed E-state index contributed by atoms with van der Waals surface area (Å²) in [6, 6.07) is 17.4. The van der Waals surface area contributed by atoms with Gasteiger partial charge in [-0.3, -0.25) is 14.9 Å². The Morgan fingerprint density at radius 3 is 2.82 bits per heavy atom. The number of ether oxygens (including phenoxy) is 1. The van der Waals surface area contributed by atoms with Crippen LogP contribution in [-0.2, 0) is 6.54 Å². The second kappa shape index (κ2) is 7.52. The fourth-order valence-corrected chi connectivity index (χ4v) is 3.11. The van der Waals surface area contributed by atoms with E-state index >= 15 is 0 Å². The number of nitrogens with one attached hydrogen (secondary N) is 2. The minimum atomic E-state index is -0.217. The van der Waals surface area contributed by atoms with Gasteiger partial charge in [0.25, 0.3) is 5.91 Å². The van der Waals surface area contributed by atoms with Gasteiger partial charge in [-0.2, -0.15) is 5.10 Å². The maximum atomic E-state index is 12.6. The smallest absolute Gasteiger partial charge is 0.270 e. The zero-order chi connectivity index (χ0) is 19.5. The number of hydrogen-bond acceptors (Lipinski definition) is 4. The van der Waals surface area contributed by atoms with E-state index in [0.29, 0.717) is 12.2 Å². The summed E-state index contributed by atoms with van der Waals surface area (Å²) in [7, 11) is 1.62. The topological polar surface area (TPSA) is 79.9 Å². The summed E-state index contributed by atoms with van der Waals surface area (Å²) < 4.78 is 5.21. The van der Waals surface area contributed by atoms with Gasteiger partial charge in [-0.25, -0.2) is 0 Å². The number of aryl methyl sites for hydroxylation is 1. The molecule has 2 N–H and O–H groups in total. The van der Waals surface area contributed by atoms with Crippen molar-refractivity contribution in [1.29, 1.82) is 0 Å². The van der Waals surface area contributed by atoms with E-state index in [4.69, 9.17) is 4.74 Å². The van der Waals surface area contributed by atoms with E-state index in [9.17, 15) is 4.79 Å². The highest BCUT2D eigenvalue weighted by atomic mass is 16.5. The molecule has 0 fully saturated rings. The average Bonchev–Trinajstić information content (AvgIpc) is 3.12. The van der Waals surface area contributed by atoms with Crippen LogP contribution in [0.1, 0.15) is 21.7 Å². The van der Waals surface area contributed by atoms with Crippen molar-refractivity contribution in [3.8, 4) is 16.9 Å². The van der Waals surface area contributed by atoms with Gasteiger partial charge in [-0.1, -0.05) is 18.2 Å². The number of aromatic nitrogens is 3. The van der Waals surface area contributed by atoms with E-state index in [1.54, 1.807) is 19.4 Å². The lowest BCUT2D eigenvalue weighted by atomic mass is 10.0. The summed E-state index contributed by atoms with van der Waals surface area (Å²) in [5, 5.41) is 11.2. The third kappa shape index (κ3) is 3.57. The molecule has 6 heteroatoms. The van der Waals surface area contributed by atoms with E-state index in [1.165, 1.54) is 0 Å². The third-order valence-electron chi connectivity index (χ3n) is 4.67. The minimum Gasteiger partial charge on any atom is -0.497 e. The van der Waals surface area contributed by atoms with Crippen molar-refractivity contribution >= 4 is 16.8 Å². The fourth-order valence-electron chi connectivity index (χ4n) is 3.11. The molecule has 0 bridgehead atoms. The third-order valence-corrected chi connectivity index (χ3v) is 4.67. The molecule has 0 saturated heterocycles. The molecule has 2 aromatic heterocycles. The molecule has 28 heavy (non-hydrogen) atoms. The maximum absolute atomic E-state index is 12.6. The number of pyridine rings is 1. The predicted molar refractivity (Wildman–Crippen MR) is 108 cm³/mol. The van der Waals surface area contributed by atoms with Crippen LogP contribution in [0.2, 0.25) is 0 Å². The van der Waals surface area contributed by atoms with Gasteiger partial charge in [0, 0.05) is 18.1 Å². The molecule has 4 rings (SSSR count). The first kappa shape index (κ1) is 17.7. The van der Waals surface area contributed by atoms with Crippen LogP contribution in [-0.4, -0.2) is 28.2 Å². The van der Waals surface area contributed by atoms with Crippen LogP contribution < -0.4 is 10.1 Å². The molecule has 140 valence electrons. The van der Waals surface area contributed by atoms with Crippen molar-refractivity contribution in [3.63, 3.8) is 0 Å². The Morgan fingerprint density at radius 2 is 1.96 bits per heavy atom. The maximum Gasteiger partial charge on any atom is 0.270 e. The second-order valence-corrected chi connectivity index (χ2v) is 6.53. The average molecular weight is 372 g/mol. The van der Waals surface area contributed by atoms with Crippen molar-refractivity contribution in [2.45, 2.75) is 13.5 Å². The molecule has 0 aliphatic carbocycles. The van der Waals surface area contributed by atoms with Gasteiger partial charge in [0.05, 0.1) is 18.3 Å². The Labute approximate surface area is 162 Å². The first-order valence-corrected chi connectivity index (χ1v) is 8.96. The summed E-state index contributed by atoms with van der Waals surface area (Å²) in [4.78, 5) is 16.8. The van der Waals surface area contributed by atoms with Gasteiger partial charge in [0.2, 0.25) is 0 Å². The summed E-state index contributed by atoms with van der Waals surface area (Å²) in [5.74, 6) is 0.544. The molecule has 0 spiro atoms. The Hall–Kier alpha value is -3.67. The Morgan fingerprint density at radius 1 is 1.11 bits per heavy atom. The summed E-state index contributed by atoms with van der Waals surface area (Å²) in [6.07, 6.45) is 1.65. The molecular formula is C22H20N4O2. The van der Waals surface area contributed by atoms with E-state index < -0.39 is 0 Å². The number of benzene rings is 2. The van der Waals surface area contributed by atoms with Crippen LogP contribution in [0, 0.1) is 6.92 Å². The van der Waals surface area contributed by atoms with E-state index in [-0.39, 0.29) is 5.91 Å². The Balaban J connectivity index is 1.53. The van der Waals surface area contributed by atoms with Crippen LogP contribution in [0.4, 0.5) is 0 Å². The molecule has 6 nitrogen and oxygen atoms in total. The number of rotatable bonds is 5. The molecule has 0 saturated carbocycles. The van der Waals surface area contributed by atoms with Crippen LogP contribution in [0.5, 0.6) is 5.75 Å². The molecule has 2 aromatic carbocycles. The van der Waals surface area contributed by atoms with Crippen LogP contribution in [0.25, 0.3) is 22.0 Å². The van der Waals surface area contributed by atoms with Crippen molar-refractivity contribution < 1.29 is 9.53 Å². The Kier molecular flexibility index (Phi) is 4.76. The highest BCUT2D eigenvalue weighted by Gasteiger charge is 2.10. The minimum absolute atomic E-state index is 0.217. The van der Waals surface area contributed by atoms with E-state index in [1.807, 2.05) is 49.4 Å². The Bertz CT molecular complexity index is 1150. The number of aromatic amines is 1. The van der Waals surface area contributed by atoms with Gasteiger partial charge in [-0.05, 0) is 60.0 Å². The lowest BCUT2D eigenvalue weighted by Crippen LogP contribution is -2.23. The quantitative estimate of drug-likeness (QED) is 0.557. The number of hydrogen-bond donors (Lipinski definition) is 2. The fraction of sp³-hybridized carbons (Fsp3) is 0.136. The lowest BCUT2D eigenvalue weighted by molar-refractivity contribution is 0.0946.